The third kappa shape index (κ3) is 2.71. The summed E-state index contributed by atoms with van der Waals surface area (Å²) in [6.45, 7) is 3.66. The van der Waals surface area contributed by atoms with Crippen LogP contribution in [0.3, 0.4) is 0 Å². The van der Waals surface area contributed by atoms with E-state index >= 15 is 0 Å². The Balaban J connectivity index is 3.10. The molecule has 0 saturated carbocycles. The molecule has 1 nitrogen and oxygen atoms in total. The largest absolute Gasteiger partial charge is 0.486 e. The molecule has 0 atom stereocenters. The Morgan fingerprint density at radius 2 is 2.08 bits per heavy atom. The van der Waals surface area contributed by atoms with Crippen molar-refractivity contribution in [1.82, 2.24) is 0 Å². The lowest BCUT2D eigenvalue weighted by atomic mass is 10.3. The fourth-order valence-electron chi connectivity index (χ4n) is 0.852. The van der Waals surface area contributed by atoms with Gasteiger partial charge in [0.1, 0.15) is 0 Å². The molecular weight excluding hydrogens is 305 g/mol. The van der Waals surface area contributed by atoms with Crippen molar-refractivity contribution in [3.05, 3.63) is 26.5 Å². The Morgan fingerprint density at radius 3 is 2.62 bits per heavy atom. The molecule has 0 fully saturated rings. The first-order valence-corrected chi connectivity index (χ1v) is 5.28. The van der Waals surface area contributed by atoms with Crippen LogP contribution >= 0.6 is 34.2 Å². The highest BCUT2D eigenvalue weighted by molar-refractivity contribution is 14.1. The molecule has 0 aliphatic rings. The summed E-state index contributed by atoms with van der Waals surface area (Å²) in [7, 11) is 0. The minimum atomic E-state index is -0.387. The topological polar surface area (TPSA) is 9.23 Å². The van der Waals surface area contributed by atoms with Crippen molar-refractivity contribution in [2.45, 2.75) is 20.0 Å². The quantitative estimate of drug-likeness (QED) is 0.595. The third-order valence-electron chi connectivity index (χ3n) is 1.36. The molecule has 4 heteroatoms. The molecule has 0 bridgehead atoms. The van der Waals surface area contributed by atoms with Gasteiger partial charge in [-0.25, -0.2) is 4.39 Å². The number of halogens is 3. The van der Waals surface area contributed by atoms with Crippen LogP contribution in [0.5, 0.6) is 5.75 Å². The van der Waals surface area contributed by atoms with Gasteiger partial charge in [-0.05, 0) is 48.6 Å². The summed E-state index contributed by atoms with van der Waals surface area (Å²) in [5.41, 5.74) is 0. The molecule has 0 heterocycles. The SMILES string of the molecule is CC(C)Oc1c(Cl)ccc(I)c1F. The van der Waals surface area contributed by atoms with Crippen molar-refractivity contribution in [3.63, 3.8) is 0 Å². The predicted molar refractivity (Wildman–Crippen MR) is 59.9 cm³/mol. The lowest BCUT2D eigenvalue weighted by molar-refractivity contribution is 0.231. The summed E-state index contributed by atoms with van der Waals surface area (Å²) in [5, 5.41) is 0.312. The molecule has 1 rings (SSSR count). The van der Waals surface area contributed by atoms with Gasteiger partial charge in [-0.1, -0.05) is 11.6 Å². The predicted octanol–water partition coefficient (Wildman–Crippen LogP) is 3.87. The second-order valence-electron chi connectivity index (χ2n) is 2.84. The smallest absolute Gasteiger partial charge is 0.179 e. The zero-order chi connectivity index (χ0) is 10.0. The molecule has 0 N–H and O–H groups in total. The van der Waals surface area contributed by atoms with E-state index in [1.165, 1.54) is 0 Å². The van der Waals surface area contributed by atoms with Crippen molar-refractivity contribution in [2.24, 2.45) is 0 Å². The van der Waals surface area contributed by atoms with Crippen LogP contribution < -0.4 is 4.74 Å². The van der Waals surface area contributed by atoms with E-state index in [9.17, 15) is 4.39 Å². The molecule has 1 aromatic rings. The Kier molecular flexibility index (Phi) is 3.79. The average molecular weight is 315 g/mol. The fraction of sp³-hybridized carbons (Fsp3) is 0.333. The highest BCUT2D eigenvalue weighted by Gasteiger charge is 2.13. The number of hydrogen-bond donors (Lipinski definition) is 0. The molecule has 0 radical (unpaired) electrons. The molecule has 0 aromatic heterocycles. The number of hydrogen-bond acceptors (Lipinski definition) is 1. The maximum absolute atomic E-state index is 13.4. The molecule has 13 heavy (non-hydrogen) atoms. The number of rotatable bonds is 2. The van der Waals surface area contributed by atoms with Crippen LogP contribution in [0.2, 0.25) is 5.02 Å². The summed E-state index contributed by atoms with van der Waals surface area (Å²) in [6, 6.07) is 3.25. The average Bonchev–Trinajstić information content (AvgIpc) is 2.05. The van der Waals surface area contributed by atoms with Gasteiger partial charge in [0.05, 0.1) is 14.7 Å². The lowest BCUT2D eigenvalue weighted by Gasteiger charge is -2.12. The summed E-state index contributed by atoms with van der Waals surface area (Å²) >= 11 is 7.68. The van der Waals surface area contributed by atoms with Gasteiger partial charge in [0.2, 0.25) is 0 Å². The van der Waals surface area contributed by atoms with Crippen LogP contribution in [0.25, 0.3) is 0 Å². The van der Waals surface area contributed by atoms with Gasteiger partial charge in [0.15, 0.2) is 11.6 Å². The standard InChI is InChI=1S/C9H9ClFIO/c1-5(2)13-9-6(10)3-4-7(12)8(9)11/h3-5H,1-2H3. The van der Waals surface area contributed by atoms with Crippen LogP contribution in [0.1, 0.15) is 13.8 Å². The lowest BCUT2D eigenvalue weighted by Crippen LogP contribution is -2.08. The van der Waals surface area contributed by atoms with Gasteiger partial charge < -0.3 is 4.74 Å². The minimum absolute atomic E-state index is 0.0785. The van der Waals surface area contributed by atoms with Crippen molar-refractivity contribution < 1.29 is 9.13 Å². The molecule has 0 aliphatic carbocycles. The van der Waals surface area contributed by atoms with Crippen LogP contribution in [0, 0.1) is 9.39 Å². The highest BCUT2D eigenvalue weighted by Crippen LogP contribution is 2.31. The number of ether oxygens (including phenoxy) is 1. The highest BCUT2D eigenvalue weighted by atomic mass is 127. The van der Waals surface area contributed by atoms with Crippen molar-refractivity contribution in [3.8, 4) is 5.75 Å². The summed E-state index contributed by atoms with van der Waals surface area (Å²) in [5.74, 6) is -0.245. The normalized spacial score (nSPS) is 10.6. The van der Waals surface area contributed by atoms with E-state index in [2.05, 4.69) is 0 Å². The van der Waals surface area contributed by atoms with Gasteiger partial charge >= 0.3 is 0 Å². The second-order valence-corrected chi connectivity index (χ2v) is 4.41. The van der Waals surface area contributed by atoms with Crippen LogP contribution in [-0.2, 0) is 0 Å². The molecule has 72 valence electrons. The van der Waals surface area contributed by atoms with Crippen molar-refractivity contribution >= 4 is 34.2 Å². The maximum Gasteiger partial charge on any atom is 0.179 e. The van der Waals surface area contributed by atoms with Gasteiger partial charge in [-0.2, -0.15) is 0 Å². The first-order chi connectivity index (χ1) is 6.02. The summed E-state index contributed by atoms with van der Waals surface area (Å²) in [6.07, 6.45) is -0.0785. The van der Waals surface area contributed by atoms with Gasteiger partial charge in [-0.3, -0.25) is 0 Å². The van der Waals surface area contributed by atoms with Gasteiger partial charge in [-0.15, -0.1) is 0 Å². The van der Waals surface area contributed by atoms with Crippen LogP contribution in [-0.4, -0.2) is 6.10 Å². The second kappa shape index (κ2) is 4.46. The van der Waals surface area contributed by atoms with Crippen LogP contribution in [0.15, 0.2) is 12.1 Å². The summed E-state index contributed by atoms with van der Waals surface area (Å²) in [4.78, 5) is 0. The summed E-state index contributed by atoms with van der Waals surface area (Å²) < 4.78 is 19.2. The molecular formula is C9H9ClFIO. The van der Waals surface area contributed by atoms with Crippen molar-refractivity contribution in [2.75, 3.05) is 0 Å². The van der Waals surface area contributed by atoms with Gasteiger partial charge in [0.25, 0.3) is 0 Å². The zero-order valence-corrected chi connectivity index (χ0v) is 10.2. The Hall–Kier alpha value is -0.0300. The monoisotopic (exact) mass is 314 g/mol. The Labute approximate surface area is 95.4 Å². The van der Waals surface area contributed by atoms with E-state index in [-0.39, 0.29) is 17.7 Å². The molecule has 0 amide bonds. The Morgan fingerprint density at radius 1 is 1.46 bits per heavy atom. The van der Waals surface area contributed by atoms with E-state index < -0.39 is 0 Å². The molecule has 0 saturated heterocycles. The van der Waals surface area contributed by atoms with Crippen LogP contribution in [0.4, 0.5) is 4.39 Å². The first kappa shape index (κ1) is 11.0. The van der Waals surface area contributed by atoms with E-state index in [0.29, 0.717) is 8.59 Å². The maximum atomic E-state index is 13.4. The van der Waals surface area contributed by atoms with E-state index in [1.54, 1.807) is 12.1 Å². The number of benzene rings is 1. The van der Waals surface area contributed by atoms with E-state index in [4.69, 9.17) is 16.3 Å². The molecule has 1 aromatic carbocycles. The molecule has 0 unspecified atom stereocenters. The zero-order valence-electron chi connectivity index (χ0n) is 7.27. The van der Waals surface area contributed by atoms with E-state index in [1.807, 2.05) is 36.4 Å². The molecule has 0 aliphatic heterocycles. The van der Waals surface area contributed by atoms with Crippen molar-refractivity contribution in [1.29, 1.82) is 0 Å². The van der Waals surface area contributed by atoms with Gasteiger partial charge in [0, 0.05) is 0 Å². The molecule has 0 spiro atoms. The first-order valence-electron chi connectivity index (χ1n) is 3.82. The van der Waals surface area contributed by atoms with E-state index in [0.717, 1.165) is 0 Å². The third-order valence-corrected chi connectivity index (χ3v) is 2.49. The minimum Gasteiger partial charge on any atom is -0.486 e. The fourth-order valence-corrected chi connectivity index (χ4v) is 1.47. The Bertz CT molecular complexity index is 315.